The highest BCUT2D eigenvalue weighted by molar-refractivity contribution is 5.64. The summed E-state index contributed by atoms with van der Waals surface area (Å²) in [5.41, 5.74) is 3.65. The van der Waals surface area contributed by atoms with Crippen LogP contribution in [0.15, 0.2) is 54.4 Å². The molecule has 0 amide bonds. The molecule has 0 radical (unpaired) electrons. The molecule has 1 rings (SSSR count). The average Bonchev–Trinajstić information content (AvgIpc) is 2.27. The maximum Gasteiger partial charge on any atom is 0.0342 e. The van der Waals surface area contributed by atoms with Gasteiger partial charge in [-0.1, -0.05) is 35.9 Å². The molecule has 0 aromatic carbocycles. The smallest absolute Gasteiger partial charge is 0.0342 e. The van der Waals surface area contributed by atoms with Gasteiger partial charge in [0.2, 0.25) is 0 Å². The highest BCUT2D eigenvalue weighted by atomic mass is 14.6. The number of nitrogens with zero attached hydrogens (tertiary/aromatic N) is 1. The zero-order valence-electron chi connectivity index (χ0n) is 9.57. The van der Waals surface area contributed by atoms with Crippen LogP contribution >= 0.6 is 0 Å². The number of pyridine rings is 1. The van der Waals surface area contributed by atoms with Crippen molar-refractivity contribution in [1.29, 1.82) is 0 Å². The molecule has 1 aromatic rings. The first-order valence-electron chi connectivity index (χ1n) is 5.12. The summed E-state index contributed by atoms with van der Waals surface area (Å²) in [5, 5.41) is 0. The van der Waals surface area contributed by atoms with E-state index in [0.29, 0.717) is 0 Å². The standard InChI is InChI=1S/C14H17N/c1-4-6-12(2)8-9-13(3)14-7-5-10-15-11-14/h4-11H,1-3H3/b6-4-,12-8-,13-9+. The van der Waals surface area contributed by atoms with Crippen LogP contribution < -0.4 is 0 Å². The van der Waals surface area contributed by atoms with E-state index in [-0.39, 0.29) is 0 Å². The Bertz CT molecular complexity index is 383. The summed E-state index contributed by atoms with van der Waals surface area (Å²) in [5.74, 6) is 0. The lowest BCUT2D eigenvalue weighted by atomic mass is 10.1. The molecule has 1 nitrogen and oxygen atoms in total. The molecule has 15 heavy (non-hydrogen) atoms. The minimum absolute atomic E-state index is 1.17. The van der Waals surface area contributed by atoms with Crippen molar-refractivity contribution < 1.29 is 0 Å². The molecule has 0 aliphatic rings. The largest absolute Gasteiger partial charge is 0.264 e. The van der Waals surface area contributed by atoms with E-state index in [9.17, 15) is 0 Å². The zero-order chi connectivity index (χ0) is 11.1. The average molecular weight is 199 g/mol. The molecule has 0 fully saturated rings. The number of allylic oxidation sites excluding steroid dienone is 6. The van der Waals surface area contributed by atoms with Crippen LogP contribution in [0.2, 0.25) is 0 Å². The van der Waals surface area contributed by atoms with Gasteiger partial charge in [0, 0.05) is 12.4 Å². The third-order valence-electron chi connectivity index (χ3n) is 2.14. The molecule has 0 atom stereocenters. The van der Waals surface area contributed by atoms with Crippen molar-refractivity contribution in [2.24, 2.45) is 0 Å². The molecule has 1 heteroatoms. The van der Waals surface area contributed by atoms with E-state index in [1.807, 2.05) is 25.3 Å². The fourth-order valence-electron chi connectivity index (χ4n) is 1.27. The number of aromatic nitrogens is 1. The molecular weight excluding hydrogens is 182 g/mol. The van der Waals surface area contributed by atoms with Gasteiger partial charge >= 0.3 is 0 Å². The summed E-state index contributed by atoms with van der Waals surface area (Å²) in [7, 11) is 0. The van der Waals surface area contributed by atoms with Crippen LogP contribution in [0.4, 0.5) is 0 Å². The Morgan fingerprint density at radius 3 is 2.67 bits per heavy atom. The van der Waals surface area contributed by atoms with Crippen molar-refractivity contribution in [3.05, 3.63) is 60.0 Å². The van der Waals surface area contributed by atoms with Crippen LogP contribution in [-0.2, 0) is 0 Å². The lowest BCUT2D eigenvalue weighted by Crippen LogP contribution is -1.79. The van der Waals surface area contributed by atoms with Crippen LogP contribution in [-0.4, -0.2) is 4.98 Å². The summed E-state index contributed by atoms with van der Waals surface area (Å²) >= 11 is 0. The van der Waals surface area contributed by atoms with Crippen molar-refractivity contribution in [1.82, 2.24) is 4.98 Å². The van der Waals surface area contributed by atoms with Gasteiger partial charge < -0.3 is 0 Å². The quantitative estimate of drug-likeness (QED) is 0.670. The molecule has 0 saturated carbocycles. The van der Waals surface area contributed by atoms with Crippen LogP contribution in [0, 0.1) is 0 Å². The number of rotatable bonds is 3. The van der Waals surface area contributed by atoms with Crippen molar-refractivity contribution in [2.75, 3.05) is 0 Å². The first-order valence-corrected chi connectivity index (χ1v) is 5.12. The topological polar surface area (TPSA) is 12.9 Å². The second-order valence-corrected chi connectivity index (χ2v) is 3.50. The Kier molecular flexibility index (Phi) is 4.55. The third-order valence-corrected chi connectivity index (χ3v) is 2.14. The van der Waals surface area contributed by atoms with E-state index >= 15 is 0 Å². The second kappa shape index (κ2) is 5.97. The summed E-state index contributed by atoms with van der Waals surface area (Å²) < 4.78 is 0. The monoisotopic (exact) mass is 199 g/mol. The Morgan fingerprint density at radius 2 is 2.07 bits per heavy atom. The van der Waals surface area contributed by atoms with Crippen LogP contribution in [0.1, 0.15) is 26.3 Å². The van der Waals surface area contributed by atoms with Gasteiger partial charge in [0.15, 0.2) is 0 Å². The summed E-state index contributed by atoms with van der Waals surface area (Å²) in [6.07, 6.45) is 12.0. The molecule has 78 valence electrons. The van der Waals surface area contributed by atoms with E-state index in [2.05, 4.69) is 43.1 Å². The van der Waals surface area contributed by atoms with Gasteiger partial charge in [-0.3, -0.25) is 4.98 Å². The normalized spacial score (nSPS) is 13.5. The molecular formula is C14H17N. The number of hydrogen-bond donors (Lipinski definition) is 0. The summed E-state index contributed by atoms with van der Waals surface area (Å²) in [6.45, 7) is 6.21. The highest BCUT2D eigenvalue weighted by Crippen LogP contribution is 2.12. The molecule has 0 spiro atoms. The Hall–Kier alpha value is -1.63. The predicted molar refractivity (Wildman–Crippen MR) is 66.5 cm³/mol. The summed E-state index contributed by atoms with van der Waals surface area (Å²) in [4.78, 5) is 4.09. The van der Waals surface area contributed by atoms with Crippen molar-refractivity contribution in [3.63, 3.8) is 0 Å². The number of hydrogen-bond acceptors (Lipinski definition) is 1. The summed E-state index contributed by atoms with van der Waals surface area (Å²) in [6, 6.07) is 4.02. The highest BCUT2D eigenvalue weighted by Gasteiger charge is 1.91. The maximum absolute atomic E-state index is 4.09. The third kappa shape index (κ3) is 3.94. The van der Waals surface area contributed by atoms with Crippen LogP contribution in [0.5, 0.6) is 0 Å². The first-order chi connectivity index (χ1) is 7.24. The SMILES string of the molecule is C\C=C/C(C)=C\C=C(/C)c1cccnc1. The van der Waals surface area contributed by atoms with Crippen molar-refractivity contribution in [2.45, 2.75) is 20.8 Å². The molecule has 0 bridgehead atoms. The van der Waals surface area contributed by atoms with Gasteiger partial charge in [-0.05, 0) is 38.0 Å². The molecule has 0 aliphatic carbocycles. The molecule has 0 N–H and O–H groups in total. The fraction of sp³-hybridized carbons (Fsp3) is 0.214. The lowest BCUT2D eigenvalue weighted by Gasteiger charge is -1.98. The Labute approximate surface area is 91.9 Å². The van der Waals surface area contributed by atoms with Crippen LogP contribution in [0.3, 0.4) is 0 Å². The van der Waals surface area contributed by atoms with Gasteiger partial charge in [0.05, 0.1) is 0 Å². The van der Waals surface area contributed by atoms with Gasteiger partial charge in [-0.15, -0.1) is 0 Å². The van der Waals surface area contributed by atoms with Crippen molar-refractivity contribution >= 4 is 5.57 Å². The molecule has 1 aromatic heterocycles. The van der Waals surface area contributed by atoms with Crippen LogP contribution in [0.25, 0.3) is 5.57 Å². The fourth-order valence-corrected chi connectivity index (χ4v) is 1.27. The van der Waals surface area contributed by atoms with E-state index in [4.69, 9.17) is 0 Å². The Morgan fingerprint density at radius 1 is 1.27 bits per heavy atom. The zero-order valence-corrected chi connectivity index (χ0v) is 9.57. The van der Waals surface area contributed by atoms with Gasteiger partial charge in [-0.25, -0.2) is 0 Å². The minimum atomic E-state index is 1.17. The molecule has 0 aliphatic heterocycles. The van der Waals surface area contributed by atoms with E-state index in [0.717, 1.165) is 0 Å². The predicted octanol–water partition coefficient (Wildman–Crippen LogP) is 4.01. The van der Waals surface area contributed by atoms with E-state index in [1.165, 1.54) is 16.7 Å². The van der Waals surface area contributed by atoms with Crippen molar-refractivity contribution in [3.8, 4) is 0 Å². The van der Waals surface area contributed by atoms with E-state index in [1.54, 1.807) is 6.20 Å². The second-order valence-electron chi connectivity index (χ2n) is 3.50. The first kappa shape index (κ1) is 11.4. The van der Waals surface area contributed by atoms with Gasteiger partial charge in [-0.2, -0.15) is 0 Å². The lowest BCUT2D eigenvalue weighted by molar-refractivity contribution is 1.30. The Balaban J connectivity index is 2.82. The molecule has 0 unspecified atom stereocenters. The maximum atomic E-state index is 4.09. The molecule has 1 heterocycles. The van der Waals surface area contributed by atoms with E-state index < -0.39 is 0 Å². The van der Waals surface area contributed by atoms with Gasteiger partial charge in [0.1, 0.15) is 0 Å². The molecule has 0 saturated heterocycles. The van der Waals surface area contributed by atoms with Gasteiger partial charge in [0.25, 0.3) is 0 Å². The minimum Gasteiger partial charge on any atom is -0.264 e.